The fourth-order valence-corrected chi connectivity index (χ4v) is 1.34. The van der Waals surface area contributed by atoms with Crippen molar-refractivity contribution in [3.05, 3.63) is 42.0 Å². The molecular formula is C11H12N4. The fourth-order valence-electron chi connectivity index (χ4n) is 1.34. The van der Waals surface area contributed by atoms with Gasteiger partial charge in [0.05, 0.1) is 5.69 Å². The fraction of sp³-hybridized carbons (Fsp3) is 0.182. The van der Waals surface area contributed by atoms with Crippen molar-refractivity contribution in [1.29, 1.82) is 0 Å². The lowest BCUT2D eigenvalue weighted by atomic mass is 10.1. The van der Waals surface area contributed by atoms with Crippen LogP contribution in [0, 0.1) is 6.92 Å². The van der Waals surface area contributed by atoms with Gasteiger partial charge in [0.1, 0.15) is 0 Å². The van der Waals surface area contributed by atoms with E-state index in [0.717, 1.165) is 16.8 Å². The Balaban J connectivity index is 2.49. The molecule has 2 heterocycles. The zero-order valence-electron chi connectivity index (χ0n) is 8.51. The molecule has 0 aliphatic heterocycles. The molecule has 0 aromatic carbocycles. The Hall–Kier alpha value is -1.81. The molecule has 2 rings (SSSR count). The third-order valence-corrected chi connectivity index (χ3v) is 2.20. The van der Waals surface area contributed by atoms with Crippen molar-refractivity contribution in [3.63, 3.8) is 0 Å². The molecule has 0 fully saturated rings. The topological polar surface area (TPSA) is 64.7 Å². The van der Waals surface area contributed by atoms with E-state index in [2.05, 4.69) is 15.0 Å². The molecule has 0 atom stereocenters. The summed E-state index contributed by atoms with van der Waals surface area (Å²) >= 11 is 0. The van der Waals surface area contributed by atoms with Crippen LogP contribution in [0.25, 0.3) is 11.4 Å². The largest absolute Gasteiger partial charge is 0.325 e. The lowest BCUT2D eigenvalue weighted by Crippen LogP contribution is -2.02. The van der Waals surface area contributed by atoms with Crippen LogP contribution in [-0.4, -0.2) is 15.0 Å². The quantitative estimate of drug-likeness (QED) is 0.793. The third kappa shape index (κ3) is 1.99. The monoisotopic (exact) mass is 200 g/mol. The van der Waals surface area contributed by atoms with E-state index in [1.807, 2.05) is 19.1 Å². The highest BCUT2D eigenvalue weighted by atomic mass is 14.9. The van der Waals surface area contributed by atoms with Crippen LogP contribution in [0.4, 0.5) is 0 Å². The Kier molecular flexibility index (Phi) is 2.69. The van der Waals surface area contributed by atoms with E-state index in [1.54, 1.807) is 18.6 Å². The van der Waals surface area contributed by atoms with Crippen LogP contribution in [0.1, 0.15) is 11.3 Å². The molecule has 15 heavy (non-hydrogen) atoms. The molecule has 0 unspecified atom stereocenters. The van der Waals surface area contributed by atoms with E-state index in [-0.39, 0.29) is 0 Å². The van der Waals surface area contributed by atoms with Crippen molar-refractivity contribution in [2.45, 2.75) is 13.5 Å². The van der Waals surface area contributed by atoms with Crippen molar-refractivity contribution in [3.8, 4) is 11.4 Å². The van der Waals surface area contributed by atoms with Crippen LogP contribution in [0.3, 0.4) is 0 Å². The Labute approximate surface area is 88.2 Å². The summed E-state index contributed by atoms with van der Waals surface area (Å²) < 4.78 is 0. The van der Waals surface area contributed by atoms with E-state index in [0.29, 0.717) is 12.4 Å². The Morgan fingerprint density at radius 2 is 2.13 bits per heavy atom. The van der Waals surface area contributed by atoms with E-state index in [1.165, 1.54) is 0 Å². The van der Waals surface area contributed by atoms with Crippen molar-refractivity contribution < 1.29 is 0 Å². The van der Waals surface area contributed by atoms with Crippen molar-refractivity contribution in [1.82, 2.24) is 15.0 Å². The molecular weight excluding hydrogens is 188 g/mol. The first-order chi connectivity index (χ1) is 7.31. The lowest BCUT2D eigenvalue weighted by molar-refractivity contribution is 0.967. The summed E-state index contributed by atoms with van der Waals surface area (Å²) in [6.45, 7) is 2.43. The molecule has 4 heteroatoms. The highest BCUT2D eigenvalue weighted by Gasteiger charge is 2.04. The van der Waals surface area contributed by atoms with Gasteiger partial charge in [-0.1, -0.05) is 0 Å². The first-order valence-corrected chi connectivity index (χ1v) is 4.74. The van der Waals surface area contributed by atoms with Crippen molar-refractivity contribution in [2.24, 2.45) is 5.73 Å². The Morgan fingerprint density at radius 3 is 2.87 bits per heavy atom. The second kappa shape index (κ2) is 4.14. The Bertz CT molecular complexity index is 468. The number of nitrogens with zero attached hydrogens (tertiary/aromatic N) is 3. The van der Waals surface area contributed by atoms with Crippen LogP contribution < -0.4 is 5.73 Å². The molecule has 76 valence electrons. The zero-order valence-corrected chi connectivity index (χ0v) is 8.51. The van der Waals surface area contributed by atoms with Crippen LogP contribution in [-0.2, 0) is 6.54 Å². The molecule has 2 N–H and O–H groups in total. The number of aromatic nitrogens is 3. The van der Waals surface area contributed by atoms with Gasteiger partial charge >= 0.3 is 0 Å². The summed E-state index contributed by atoms with van der Waals surface area (Å²) in [5.74, 6) is 0.684. The summed E-state index contributed by atoms with van der Waals surface area (Å²) in [6.07, 6.45) is 5.24. The first kappa shape index (κ1) is 9.73. The number of hydrogen-bond donors (Lipinski definition) is 1. The first-order valence-electron chi connectivity index (χ1n) is 4.74. The smallest absolute Gasteiger partial charge is 0.161 e. The summed E-state index contributed by atoms with van der Waals surface area (Å²) in [5.41, 5.74) is 8.43. The van der Waals surface area contributed by atoms with E-state index in [4.69, 9.17) is 5.73 Å². The maximum absolute atomic E-state index is 5.53. The molecule has 0 spiro atoms. The second-order valence-electron chi connectivity index (χ2n) is 3.27. The predicted molar refractivity (Wildman–Crippen MR) is 57.9 cm³/mol. The third-order valence-electron chi connectivity index (χ3n) is 2.20. The number of rotatable bonds is 2. The van der Waals surface area contributed by atoms with Gasteiger partial charge < -0.3 is 5.73 Å². The van der Waals surface area contributed by atoms with Crippen LogP contribution in [0.15, 0.2) is 30.7 Å². The minimum absolute atomic E-state index is 0.425. The minimum Gasteiger partial charge on any atom is -0.325 e. The second-order valence-corrected chi connectivity index (χ2v) is 3.27. The van der Waals surface area contributed by atoms with Crippen molar-refractivity contribution >= 4 is 0 Å². The average molecular weight is 200 g/mol. The standard InChI is InChI=1S/C11H12N4/c1-8-2-4-13-7-10(8)11-14-5-3-9(6-12)15-11/h2-5,7H,6,12H2,1H3. The van der Waals surface area contributed by atoms with Gasteiger partial charge in [-0.3, -0.25) is 4.98 Å². The summed E-state index contributed by atoms with van der Waals surface area (Å²) in [5, 5.41) is 0. The molecule has 0 saturated carbocycles. The van der Waals surface area contributed by atoms with E-state index >= 15 is 0 Å². The van der Waals surface area contributed by atoms with Crippen molar-refractivity contribution in [2.75, 3.05) is 0 Å². The summed E-state index contributed by atoms with van der Waals surface area (Å²) in [4.78, 5) is 12.6. The SMILES string of the molecule is Cc1ccncc1-c1nccc(CN)n1. The molecule has 0 amide bonds. The number of pyridine rings is 1. The van der Waals surface area contributed by atoms with Gasteiger partial charge in [0.15, 0.2) is 5.82 Å². The summed E-state index contributed by atoms with van der Waals surface area (Å²) in [6, 6.07) is 3.75. The molecule has 4 nitrogen and oxygen atoms in total. The van der Waals surface area contributed by atoms with Crippen LogP contribution in [0.2, 0.25) is 0 Å². The average Bonchev–Trinajstić information content (AvgIpc) is 2.30. The molecule has 0 aliphatic rings. The van der Waals surface area contributed by atoms with Gasteiger partial charge in [-0.2, -0.15) is 0 Å². The van der Waals surface area contributed by atoms with Gasteiger partial charge in [0, 0.05) is 30.7 Å². The predicted octanol–water partition coefficient (Wildman–Crippen LogP) is 1.31. The normalized spacial score (nSPS) is 10.3. The Morgan fingerprint density at radius 1 is 1.27 bits per heavy atom. The molecule has 0 saturated heterocycles. The lowest BCUT2D eigenvalue weighted by Gasteiger charge is -2.04. The van der Waals surface area contributed by atoms with Gasteiger partial charge in [0.2, 0.25) is 0 Å². The highest BCUT2D eigenvalue weighted by molar-refractivity contribution is 5.57. The molecule has 0 aliphatic carbocycles. The number of hydrogen-bond acceptors (Lipinski definition) is 4. The zero-order chi connectivity index (χ0) is 10.7. The number of nitrogens with two attached hydrogens (primary N) is 1. The van der Waals surface area contributed by atoms with E-state index in [9.17, 15) is 0 Å². The summed E-state index contributed by atoms with van der Waals surface area (Å²) in [7, 11) is 0. The minimum atomic E-state index is 0.425. The molecule has 0 radical (unpaired) electrons. The van der Waals surface area contributed by atoms with E-state index < -0.39 is 0 Å². The number of aryl methyl sites for hydroxylation is 1. The van der Waals surface area contributed by atoms with Gasteiger partial charge in [0.25, 0.3) is 0 Å². The molecule has 2 aromatic rings. The molecule has 2 aromatic heterocycles. The maximum atomic E-state index is 5.53. The van der Waals surface area contributed by atoms with Crippen LogP contribution >= 0.6 is 0 Å². The highest BCUT2D eigenvalue weighted by Crippen LogP contribution is 2.17. The molecule has 0 bridgehead atoms. The maximum Gasteiger partial charge on any atom is 0.161 e. The van der Waals surface area contributed by atoms with Gasteiger partial charge in [-0.25, -0.2) is 9.97 Å². The van der Waals surface area contributed by atoms with Gasteiger partial charge in [-0.15, -0.1) is 0 Å². The van der Waals surface area contributed by atoms with Gasteiger partial charge in [-0.05, 0) is 24.6 Å². The van der Waals surface area contributed by atoms with Crippen LogP contribution in [0.5, 0.6) is 0 Å².